The summed E-state index contributed by atoms with van der Waals surface area (Å²) in [4.78, 5) is 12.2. The molecular formula is C12H24N2O3. The smallest absolute Gasteiger partial charge is 0.226 e. The molecule has 0 spiro atoms. The first-order chi connectivity index (χ1) is 8.14. The average molecular weight is 244 g/mol. The summed E-state index contributed by atoms with van der Waals surface area (Å²) in [6, 6.07) is 0. The van der Waals surface area contributed by atoms with Crippen molar-refractivity contribution in [2.24, 2.45) is 5.41 Å². The standard InChI is InChI=1S/C12H24N2O3/c1-2-3-12(4-6-13-7-5-12)11(17)14-8-10(16)9-15/h10,13,15-16H,2-9H2,1H3,(H,14,17). The van der Waals surface area contributed by atoms with Crippen LogP contribution in [-0.4, -0.2) is 48.5 Å². The molecule has 100 valence electrons. The monoisotopic (exact) mass is 244 g/mol. The lowest BCUT2D eigenvalue weighted by Crippen LogP contribution is -2.49. The van der Waals surface area contributed by atoms with Crippen molar-refractivity contribution in [3.8, 4) is 0 Å². The SMILES string of the molecule is CCCC1(C(=O)NCC(O)CO)CCNCC1. The van der Waals surface area contributed by atoms with Crippen LogP contribution in [0, 0.1) is 5.41 Å². The minimum Gasteiger partial charge on any atom is -0.394 e. The summed E-state index contributed by atoms with van der Waals surface area (Å²) < 4.78 is 0. The second kappa shape index (κ2) is 6.93. The molecule has 5 heteroatoms. The zero-order valence-electron chi connectivity index (χ0n) is 10.5. The second-order valence-electron chi connectivity index (χ2n) is 4.83. The first kappa shape index (κ1) is 14.4. The number of aliphatic hydroxyl groups excluding tert-OH is 2. The molecule has 0 saturated carbocycles. The van der Waals surface area contributed by atoms with Crippen molar-refractivity contribution < 1.29 is 15.0 Å². The van der Waals surface area contributed by atoms with E-state index in [1.165, 1.54) is 0 Å². The largest absolute Gasteiger partial charge is 0.394 e. The van der Waals surface area contributed by atoms with Crippen LogP contribution in [0.2, 0.25) is 0 Å². The second-order valence-corrected chi connectivity index (χ2v) is 4.83. The quantitative estimate of drug-likeness (QED) is 0.514. The molecule has 0 aromatic heterocycles. The van der Waals surface area contributed by atoms with E-state index in [4.69, 9.17) is 5.11 Å². The number of carbonyl (C=O) groups is 1. The lowest BCUT2D eigenvalue weighted by Gasteiger charge is -2.36. The van der Waals surface area contributed by atoms with Gasteiger partial charge in [0.15, 0.2) is 0 Å². The average Bonchev–Trinajstić information content (AvgIpc) is 2.36. The van der Waals surface area contributed by atoms with Gasteiger partial charge in [0, 0.05) is 6.54 Å². The molecular weight excluding hydrogens is 220 g/mol. The van der Waals surface area contributed by atoms with Crippen LogP contribution in [-0.2, 0) is 4.79 Å². The Bertz CT molecular complexity index is 234. The predicted molar refractivity (Wildman–Crippen MR) is 65.5 cm³/mol. The first-order valence-electron chi connectivity index (χ1n) is 6.42. The number of amides is 1. The van der Waals surface area contributed by atoms with Crippen molar-refractivity contribution in [3.05, 3.63) is 0 Å². The molecule has 0 aromatic rings. The summed E-state index contributed by atoms with van der Waals surface area (Å²) in [5, 5.41) is 24.0. The van der Waals surface area contributed by atoms with Gasteiger partial charge in [0.2, 0.25) is 5.91 Å². The van der Waals surface area contributed by atoms with Crippen LogP contribution in [0.3, 0.4) is 0 Å². The third-order valence-corrected chi connectivity index (χ3v) is 3.48. The van der Waals surface area contributed by atoms with Gasteiger partial charge in [0.25, 0.3) is 0 Å². The van der Waals surface area contributed by atoms with Crippen molar-refractivity contribution >= 4 is 5.91 Å². The molecule has 1 atom stereocenters. The summed E-state index contributed by atoms with van der Waals surface area (Å²) in [5.74, 6) is 0.0216. The van der Waals surface area contributed by atoms with Crippen LogP contribution in [0.15, 0.2) is 0 Å². The minimum absolute atomic E-state index is 0.0216. The molecule has 1 aliphatic rings. The normalized spacial score (nSPS) is 20.9. The number of hydrogen-bond acceptors (Lipinski definition) is 4. The molecule has 1 amide bonds. The molecule has 1 saturated heterocycles. The van der Waals surface area contributed by atoms with Gasteiger partial charge in [-0.25, -0.2) is 0 Å². The van der Waals surface area contributed by atoms with E-state index in [1.807, 2.05) is 0 Å². The van der Waals surface area contributed by atoms with E-state index in [-0.39, 0.29) is 24.5 Å². The van der Waals surface area contributed by atoms with Crippen LogP contribution in [0.5, 0.6) is 0 Å². The third-order valence-electron chi connectivity index (χ3n) is 3.48. The highest BCUT2D eigenvalue weighted by molar-refractivity contribution is 5.82. The molecule has 4 N–H and O–H groups in total. The Balaban J connectivity index is 2.53. The Kier molecular flexibility index (Phi) is 5.88. The van der Waals surface area contributed by atoms with Gasteiger partial charge >= 0.3 is 0 Å². The predicted octanol–water partition coefficient (Wildman–Crippen LogP) is -0.374. The lowest BCUT2D eigenvalue weighted by molar-refractivity contribution is -0.133. The molecule has 1 fully saturated rings. The van der Waals surface area contributed by atoms with Crippen LogP contribution in [0.4, 0.5) is 0 Å². The highest BCUT2D eigenvalue weighted by Crippen LogP contribution is 2.34. The Morgan fingerprint density at radius 2 is 2.12 bits per heavy atom. The topological polar surface area (TPSA) is 81.6 Å². The van der Waals surface area contributed by atoms with E-state index in [2.05, 4.69) is 17.6 Å². The Morgan fingerprint density at radius 3 is 2.65 bits per heavy atom. The van der Waals surface area contributed by atoms with E-state index < -0.39 is 6.10 Å². The first-order valence-corrected chi connectivity index (χ1v) is 6.42. The molecule has 0 bridgehead atoms. The third kappa shape index (κ3) is 3.94. The maximum atomic E-state index is 12.2. The van der Waals surface area contributed by atoms with Crippen molar-refractivity contribution in [1.29, 1.82) is 0 Å². The summed E-state index contributed by atoms with van der Waals surface area (Å²) in [6.07, 6.45) is 2.70. The Hall–Kier alpha value is -0.650. The fraction of sp³-hybridized carbons (Fsp3) is 0.917. The molecule has 5 nitrogen and oxygen atoms in total. The van der Waals surface area contributed by atoms with Gasteiger partial charge in [-0.05, 0) is 32.4 Å². The van der Waals surface area contributed by atoms with Crippen molar-refractivity contribution in [2.75, 3.05) is 26.2 Å². The van der Waals surface area contributed by atoms with Gasteiger partial charge in [-0.2, -0.15) is 0 Å². The van der Waals surface area contributed by atoms with E-state index in [9.17, 15) is 9.90 Å². The molecule has 1 rings (SSSR count). The summed E-state index contributed by atoms with van der Waals surface area (Å²) >= 11 is 0. The van der Waals surface area contributed by atoms with Crippen molar-refractivity contribution in [1.82, 2.24) is 10.6 Å². The maximum Gasteiger partial charge on any atom is 0.226 e. The fourth-order valence-corrected chi connectivity index (χ4v) is 2.44. The zero-order chi connectivity index (χ0) is 12.7. The van der Waals surface area contributed by atoms with Crippen LogP contribution < -0.4 is 10.6 Å². The lowest BCUT2D eigenvalue weighted by atomic mass is 9.74. The summed E-state index contributed by atoms with van der Waals surface area (Å²) in [7, 11) is 0. The van der Waals surface area contributed by atoms with Crippen LogP contribution >= 0.6 is 0 Å². The molecule has 0 aliphatic carbocycles. The highest BCUT2D eigenvalue weighted by atomic mass is 16.3. The van der Waals surface area contributed by atoms with Gasteiger partial charge < -0.3 is 20.8 Å². The Morgan fingerprint density at radius 1 is 1.47 bits per heavy atom. The molecule has 17 heavy (non-hydrogen) atoms. The highest BCUT2D eigenvalue weighted by Gasteiger charge is 2.38. The Labute approximate surface area is 103 Å². The van der Waals surface area contributed by atoms with E-state index in [0.29, 0.717) is 0 Å². The van der Waals surface area contributed by atoms with Gasteiger partial charge in [-0.3, -0.25) is 4.79 Å². The summed E-state index contributed by atoms with van der Waals surface area (Å²) in [6.45, 7) is 3.64. The van der Waals surface area contributed by atoms with Gasteiger partial charge in [0.05, 0.1) is 18.1 Å². The molecule has 1 aliphatic heterocycles. The van der Waals surface area contributed by atoms with E-state index in [1.54, 1.807) is 0 Å². The van der Waals surface area contributed by atoms with E-state index >= 15 is 0 Å². The fourth-order valence-electron chi connectivity index (χ4n) is 2.44. The maximum absolute atomic E-state index is 12.2. The number of rotatable bonds is 6. The van der Waals surface area contributed by atoms with Gasteiger partial charge in [0.1, 0.15) is 0 Å². The molecule has 0 aromatic carbocycles. The molecule has 1 heterocycles. The van der Waals surface area contributed by atoms with Gasteiger partial charge in [-0.15, -0.1) is 0 Å². The number of carbonyl (C=O) groups excluding carboxylic acids is 1. The van der Waals surface area contributed by atoms with Crippen LogP contribution in [0.25, 0.3) is 0 Å². The molecule has 0 radical (unpaired) electrons. The number of nitrogens with one attached hydrogen (secondary N) is 2. The summed E-state index contributed by atoms with van der Waals surface area (Å²) in [5.41, 5.74) is -0.283. The van der Waals surface area contributed by atoms with Crippen molar-refractivity contribution in [3.63, 3.8) is 0 Å². The number of piperidine rings is 1. The molecule has 1 unspecified atom stereocenters. The minimum atomic E-state index is -0.862. The van der Waals surface area contributed by atoms with Crippen LogP contribution in [0.1, 0.15) is 32.6 Å². The van der Waals surface area contributed by atoms with Crippen molar-refractivity contribution in [2.45, 2.75) is 38.7 Å². The number of hydrogen-bond donors (Lipinski definition) is 4. The zero-order valence-corrected chi connectivity index (χ0v) is 10.5. The number of aliphatic hydroxyl groups is 2. The van der Waals surface area contributed by atoms with E-state index in [0.717, 1.165) is 38.8 Å². The van der Waals surface area contributed by atoms with Gasteiger partial charge in [-0.1, -0.05) is 13.3 Å².